The predicted molar refractivity (Wildman–Crippen MR) is 72.0 cm³/mol. The Hall–Kier alpha value is -2.55. The molecule has 0 saturated carbocycles. The fourth-order valence-electron chi connectivity index (χ4n) is 1.80. The molecule has 0 aliphatic rings. The summed E-state index contributed by atoms with van der Waals surface area (Å²) >= 11 is 0. The Balaban J connectivity index is 2.51. The van der Waals surface area contributed by atoms with Crippen molar-refractivity contribution in [1.82, 2.24) is 0 Å². The van der Waals surface area contributed by atoms with Crippen LogP contribution in [0.4, 0.5) is 14.5 Å². The van der Waals surface area contributed by atoms with Crippen molar-refractivity contribution >= 4 is 15.8 Å². The van der Waals surface area contributed by atoms with Crippen LogP contribution in [0.15, 0.2) is 41.3 Å². The zero-order valence-corrected chi connectivity index (χ0v) is 11.9. The molecular formula is C13H9F2NO5S. The van der Waals surface area contributed by atoms with E-state index in [1.807, 2.05) is 0 Å². The van der Waals surface area contributed by atoms with E-state index in [0.29, 0.717) is 12.1 Å². The fraction of sp³-hybridized carbons (Fsp3) is 0.0769. The second kappa shape index (κ2) is 5.68. The molecule has 0 atom stereocenters. The van der Waals surface area contributed by atoms with Gasteiger partial charge in [0.25, 0.3) is 5.69 Å². The highest BCUT2D eigenvalue weighted by molar-refractivity contribution is 7.87. The Bertz CT molecular complexity index is 852. The molecule has 0 aliphatic carbocycles. The summed E-state index contributed by atoms with van der Waals surface area (Å²) in [6, 6.07) is 5.82. The maximum Gasteiger partial charge on any atom is 0.346 e. The zero-order chi connectivity index (χ0) is 16.5. The molecule has 0 amide bonds. The first-order valence-electron chi connectivity index (χ1n) is 5.86. The third-order valence-electron chi connectivity index (χ3n) is 2.73. The number of hydrogen-bond acceptors (Lipinski definition) is 5. The van der Waals surface area contributed by atoms with Crippen molar-refractivity contribution in [3.8, 4) is 5.75 Å². The zero-order valence-electron chi connectivity index (χ0n) is 11.1. The molecule has 116 valence electrons. The normalized spacial score (nSPS) is 11.2. The van der Waals surface area contributed by atoms with Crippen molar-refractivity contribution in [2.45, 2.75) is 11.8 Å². The van der Waals surface area contributed by atoms with Crippen LogP contribution in [0.3, 0.4) is 0 Å². The lowest BCUT2D eigenvalue weighted by molar-refractivity contribution is -0.388. The summed E-state index contributed by atoms with van der Waals surface area (Å²) in [4.78, 5) is 9.45. The van der Waals surface area contributed by atoms with Crippen molar-refractivity contribution in [2.24, 2.45) is 0 Å². The van der Waals surface area contributed by atoms with Gasteiger partial charge in [0.1, 0.15) is 5.75 Å². The van der Waals surface area contributed by atoms with Gasteiger partial charge in [-0.1, -0.05) is 12.1 Å². The average Bonchev–Trinajstić information content (AvgIpc) is 2.42. The van der Waals surface area contributed by atoms with Crippen LogP contribution in [-0.2, 0) is 10.1 Å². The molecule has 2 aromatic rings. The summed E-state index contributed by atoms with van der Waals surface area (Å²) < 4.78 is 55.0. The quantitative estimate of drug-likeness (QED) is 0.489. The minimum absolute atomic E-state index is 0.0942. The Morgan fingerprint density at radius 3 is 2.41 bits per heavy atom. The van der Waals surface area contributed by atoms with Crippen LogP contribution in [0.1, 0.15) is 5.56 Å². The van der Waals surface area contributed by atoms with Crippen molar-refractivity contribution in [2.75, 3.05) is 0 Å². The summed E-state index contributed by atoms with van der Waals surface area (Å²) in [6.07, 6.45) is 0. The van der Waals surface area contributed by atoms with E-state index in [1.165, 1.54) is 19.1 Å². The maximum atomic E-state index is 13.1. The van der Waals surface area contributed by atoms with E-state index in [-0.39, 0.29) is 5.56 Å². The molecule has 22 heavy (non-hydrogen) atoms. The van der Waals surface area contributed by atoms with Gasteiger partial charge in [0.15, 0.2) is 16.5 Å². The summed E-state index contributed by atoms with van der Waals surface area (Å²) in [6.45, 7) is 1.36. The van der Waals surface area contributed by atoms with Crippen molar-refractivity contribution in [3.63, 3.8) is 0 Å². The summed E-state index contributed by atoms with van der Waals surface area (Å²) in [5, 5.41) is 10.9. The van der Waals surface area contributed by atoms with Crippen molar-refractivity contribution < 1.29 is 26.3 Å². The van der Waals surface area contributed by atoms with E-state index in [0.717, 1.165) is 12.1 Å². The molecule has 0 heterocycles. The van der Waals surface area contributed by atoms with Crippen molar-refractivity contribution in [3.05, 3.63) is 63.7 Å². The molecule has 0 unspecified atom stereocenters. The highest BCUT2D eigenvalue weighted by Gasteiger charge is 2.30. The van der Waals surface area contributed by atoms with Gasteiger partial charge in [-0.05, 0) is 24.6 Å². The van der Waals surface area contributed by atoms with Crippen LogP contribution < -0.4 is 4.18 Å². The van der Waals surface area contributed by atoms with E-state index in [4.69, 9.17) is 0 Å². The van der Waals surface area contributed by atoms with Gasteiger partial charge in [0, 0.05) is 12.1 Å². The first-order chi connectivity index (χ1) is 10.2. The van der Waals surface area contributed by atoms with Gasteiger partial charge >= 0.3 is 10.1 Å². The Labute approximate surface area is 124 Å². The van der Waals surface area contributed by atoms with Gasteiger partial charge in [0.2, 0.25) is 0 Å². The number of nitro groups is 1. The third kappa shape index (κ3) is 3.03. The second-order valence-corrected chi connectivity index (χ2v) is 5.78. The van der Waals surface area contributed by atoms with E-state index in [2.05, 4.69) is 4.18 Å². The molecule has 0 aliphatic heterocycles. The molecule has 0 fully saturated rings. The number of hydrogen-bond donors (Lipinski definition) is 0. The van der Waals surface area contributed by atoms with E-state index < -0.39 is 43.0 Å². The van der Waals surface area contributed by atoms with Gasteiger partial charge < -0.3 is 4.18 Å². The predicted octanol–water partition coefficient (Wildman–Crippen LogP) is 2.95. The van der Waals surface area contributed by atoms with Gasteiger partial charge in [-0.3, -0.25) is 10.1 Å². The van der Waals surface area contributed by atoms with Crippen LogP contribution in [0.25, 0.3) is 0 Å². The molecule has 6 nitrogen and oxygen atoms in total. The van der Waals surface area contributed by atoms with E-state index in [9.17, 15) is 27.3 Å². The molecule has 9 heteroatoms. The molecular weight excluding hydrogens is 320 g/mol. The lowest BCUT2D eigenvalue weighted by Gasteiger charge is -2.09. The monoisotopic (exact) mass is 329 g/mol. The second-order valence-electron chi connectivity index (χ2n) is 4.29. The van der Waals surface area contributed by atoms with Crippen LogP contribution in [-0.4, -0.2) is 13.3 Å². The van der Waals surface area contributed by atoms with Crippen molar-refractivity contribution in [1.29, 1.82) is 0 Å². The molecule has 2 aromatic carbocycles. The number of aryl methyl sites for hydroxylation is 1. The minimum atomic E-state index is -4.58. The first-order valence-corrected chi connectivity index (χ1v) is 7.27. The average molecular weight is 329 g/mol. The first kappa shape index (κ1) is 15.8. The number of nitrogens with zero attached hydrogens (tertiary/aromatic N) is 1. The minimum Gasteiger partial charge on any atom is -0.379 e. The Morgan fingerprint density at radius 1 is 1.14 bits per heavy atom. The molecule has 0 aromatic heterocycles. The lowest BCUT2D eigenvalue weighted by atomic mass is 10.2. The molecule has 0 N–H and O–H groups in total. The fourth-order valence-corrected chi connectivity index (χ4v) is 3.10. The molecule has 0 radical (unpaired) electrons. The van der Waals surface area contributed by atoms with Crippen LogP contribution in [0.2, 0.25) is 0 Å². The van der Waals surface area contributed by atoms with Crippen LogP contribution >= 0.6 is 0 Å². The van der Waals surface area contributed by atoms with E-state index in [1.54, 1.807) is 0 Å². The highest BCUT2D eigenvalue weighted by Crippen LogP contribution is 2.30. The van der Waals surface area contributed by atoms with Gasteiger partial charge in [-0.2, -0.15) is 8.42 Å². The summed E-state index contributed by atoms with van der Waals surface area (Å²) in [5.41, 5.74) is -0.570. The van der Waals surface area contributed by atoms with Crippen LogP contribution in [0, 0.1) is 28.7 Å². The van der Waals surface area contributed by atoms with Gasteiger partial charge in [-0.25, -0.2) is 8.78 Å². The topological polar surface area (TPSA) is 86.5 Å². The smallest absolute Gasteiger partial charge is 0.346 e. The largest absolute Gasteiger partial charge is 0.379 e. The maximum absolute atomic E-state index is 13.1. The van der Waals surface area contributed by atoms with Crippen LogP contribution in [0.5, 0.6) is 5.75 Å². The SMILES string of the molecule is Cc1cccc([N+](=O)[O-])c1S(=O)(=O)Oc1ccc(F)c(F)c1. The standard InChI is InChI=1S/C13H9F2NO5S/c1-8-3-2-4-12(16(17)18)13(8)22(19,20)21-9-5-6-10(14)11(15)7-9/h2-7H,1H3. The highest BCUT2D eigenvalue weighted by atomic mass is 32.2. The van der Waals surface area contributed by atoms with E-state index >= 15 is 0 Å². The summed E-state index contributed by atoms with van der Waals surface area (Å²) in [7, 11) is -4.58. The Morgan fingerprint density at radius 2 is 1.82 bits per heavy atom. The number of benzene rings is 2. The molecule has 2 rings (SSSR count). The summed E-state index contributed by atoms with van der Waals surface area (Å²) in [5.74, 6) is -2.96. The molecule has 0 spiro atoms. The lowest BCUT2D eigenvalue weighted by Crippen LogP contribution is -2.13. The third-order valence-corrected chi connectivity index (χ3v) is 4.18. The molecule has 0 bridgehead atoms. The Kier molecular flexibility index (Phi) is 4.09. The number of rotatable bonds is 4. The van der Waals surface area contributed by atoms with Gasteiger partial charge in [0.05, 0.1) is 4.92 Å². The number of halogens is 2. The van der Waals surface area contributed by atoms with Gasteiger partial charge in [-0.15, -0.1) is 0 Å². The molecule has 0 saturated heterocycles. The number of nitro benzene ring substituents is 1.